The second-order valence-electron chi connectivity index (χ2n) is 6.03. The highest BCUT2D eigenvalue weighted by molar-refractivity contribution is 7.89. The molecule has 0 radical (unpaired) electrons. The van der Waals surface area contributed by atoms with Crippen LogP contribution in [0.2, 0.25) is 5.02 Å². The minimum Gasteiger partial charge on any atom is -0.372 e. The molecule has 0 atom stereocenters. The predicted molar refractivity (Wildman–Crippen MR) is 107 cm³/mol. The molecule has 0 saturated carbocycles. The highest BCUT2D eigenvalue weighted by Gasteiger charge is 2.14. The lowest BCUT2D eigenvalue weighted by atomic mass is 10.1. The van der Waals surface area contributed by atoms with Crippen LogP contribution in [0.25, 0.3) is 0 Å². The van der Waals surface area contributed by atoms with Crippen LogP contribution in [0, 0.1) is 0 Å². The summed E-state index contributed by atoms with van der Waals surface area (Å²) in [6.07, 6.45) is 0. The zero-order valence-corrected chi connectivity index (χ0v) is 16.2. The van der Waals surface area contributed by atoms with Crippen LogP contribution in [-0.4, -0.2) is 8.42 Å². The maximum Gasteiger partial charge on any atom is 0.240 e. The summed E-state index contributed by atoms with van der Waals surface area (Å²) in [6, 6.07) is 23.6. The van der Waals surface area contributed by atoms with Crippen molar-refractivity contribution in [3.8, 4) is 0 Å². The Balaban J connectivity index is 1.62. The molecule has 0 saturated heterocycles. The third-order valence-corrected chi connectivity index (χ3v) is 5.73. The molecule has 0 aliphatic rings. The van der Waals surface area contributed by atoms with Gasteiger partial charge in [-0.1, -0.05) is 66.2 Å². The van der Waals surface area contributed by atoms with Crippen LogP contribution >= 0.6 is 11.6 Å². The Morgan fingerprint density at radius 1 is 0.778 bits per heavy atom. The number of nitrogens with one attached hydrogen (secondary N) is 1. The van der Waals surface area contributed by atoms with E-state index in [-0.39, 0.29) is 11.4 Å². The average Bonchev–Trinajstić information content (AvgIpc) is 2.68. The normalized spacial score (nSPS) is 11.4. The first-order valence-corrected chi connectivity index (χ1v) is 10.3. The van der Waals surface area contributed by atoms with Crippen LogP contribution in [0.1, 0.15) is 16.7 Å². The maximum absolute atomic E-state index is 12.4. The van der Waals surface area contributed by atoms with Crippen LogP contribution in [-0.2, 0) is 34.5 Å². The average molecular weight is 402 g/mol. The fourth-order valence-electron chi connectivity index (χ4n) is 2.59. The maximum atomic E-state index is 12.4. The fraction of sp³-hybridized carbons (Fsp3) is 0.143. The van der Waals surface area contributed by atoms with Crippen LogP contribution in [0.15, 0.2) is 83.8 Å². The van der Waals surface area contributed by atoms with E-state index in [4.69, 9.17) is 16.3 Å². The van der Waals surface area contributed by atoms with E-state index in [1.54, 1.807) is 12.1 Å². The molecule has 27 heavy (non-hydrogen) atoms. The number of benzene rings is 3. The smallest absolute Gasteiger partial charge is 0.240 e. The van der Waals surface area contributed by atoms with Gasteiger partial charge in [0.15, 0.2) is 0 Å². The summed E-state index contributed by atoms with van der Waals surface area (Å²) in [6.45, 7) is 1.11. The van der Waals surface area contributed by atoms with E-state index in [2.05, 4.69) is 4.72 Å². The lowest BCUT2D eigenvalue weighted by Gasteiger charge is -2.12. The molecule has 140 valence electrons. The molecule has 6 heteroatoms. The first kappa shape index (κ1) is 19.6. The molecule has 0 aliphatic heterocycles. The molecule has 0 unspecified atom stereocenters. The molecule has 0 bridgehead atoms. The van der Waals surface area contributed by atoms with Crippen molar-refractivity contribution in [2.75, 3.05) is 0 Å². The summed E-state index contributed by atoms with van der Waals surface area (Å²) in [5, 5.41) is 0.495. The van der Waals surface area contributed by atoms with Gasteiger partial charge >= 0.3 is 0 Å². The Labute approximate surface area is 164 Å². The van der Waals surface area contributed by atoms with E-state index in [9.17, 15) is 8.42 Å². The van der Waals surface area contributed by atoms with Gasteiger partial charge in [-0.2, -0.15) is 0 Å². The standard InChI is InChI=1S/C21H20ClNO3S/c22-20-10-12-21(13-11-20)27(24,25)23-14-18-8-4-5-9-19(18)16-26-15-17-6-2-1-3-7-17/h1-13,23H,14-16H2. The summed E-state index contributed by atoms with van der Waals surface area (Å²) in [5.41, 5.74) is 2.92. The molecule has 3 rings (SSSR count). The Kier molecular flexibility index (Phi) is 6.63. The number of hydrogen-bond donors (Lipinski definition) is 1. The quantitative estimate of drug-likeness (QED) is 0.603. The third kappa shape index (κ3) is 5.65. The van der Waals surface area contributed by atoms with E-state index in [0.717, 1.165) is 16.7 Å². The molecule has 3 aromatic carbocycles. The number of halogens is 1. The van der Waals surface area contributed by atoms with Crippen molar-refractivity contribution >= 4 is 21.6 Å². The molecule has 0 aliphatic carbocycles. The summed E-state index contributed by atoms with van der Waals surface area (Å²) in [5.74, 6) is 0. The highest BCUT2D eigenvalue weighted by Crippen LogP contribution is 2.16. The lowest BCUT2D eigenvalue weighted by molar-refractivity contribution is 0.106. The van der Waals surface area contributed by atoms with Crippen molar-refractivity contribution < 1.29 is 13.2 Å². The number of rotatable bonds is 8. The van der Waals surface area contributed by atoms with Crippen molar-refractivity contribution in [2.24, 2.45) is 0 Å². The number of sulfonamides is 1. The van der Waals surface area contributed by atoms with Gasteiger partial charge in [0.2, 0.25) is 10.0 Å². The van der Waals surface area contributed by atoms with E-state index in [0.29, 0.717) is 18.2 Å². The Morgan fingerprint density at radius 2 is 1.41 bits per heavy atom. The summed E-state index contributed by atoms with van der Waals surface area (Å²) < 4.78 is 33.3. The molecule has 0 amide bonds. The van der Waals surface area contributed by atoms with Crippen molar-refractivity contribution in [1.29, 1.82) is 0 Å². The SMILES string of the molecule is O=S(=O)(NCc1ccccc1COCc1ccccc1)c1ccc(Cl)cc1. The topological polar surface area (TPSA) is 55.4 Å². The monoisotopic (exact) mass is 401 g/mol. The summed E-state index contributed by atoms with van der Waals surface area (Å²) in [7, 11) is -3.60. The first-order chi connectivity index (χ1) is 13.0. The summed E-state index contributed by atoms with van der Waals surface area (Å²) in [4.78, 5) is 0.185. The van der Waals surface area contributed by atoms with Crippen LogP contribution in [0.4, 0.5) is 0 Å². The molecule has 4 nitrogen and oxygen atoms in total. The van der Waals surface area contributed by atoms with Crippen molar-refractivity contribution in [1.82, 2.24) is 4.72 Å². The Bertz CT molecular complexity index is 974. The molecule has 0 heterocycles. The van der Waals surface area contributed by atoms with Gasteiger partial charge in [0, 0.05) is 11.6 Å². The van der Waals surface area contributed by atoms with Crippen LogP contribution in [0.3, 0.4) is 0 Å². The van der Waals surface area contributed by atoms with Gasteiger partial charge in [-0.05, 0) is 41.0 Å². The number of ether oxygens (including phenoxy) is 1. The second-order valence-corrected chi connectivity index (χ2v) is 8.23. The van der Waals surface area contributed by atoms with Gasteiger partial charge in [-0.15, -0.1) is 0 Å². The lowest BCUT2D eigenvalue weighted by Crippen LogP contribution is -2.23. The van der Waals surface area contributed by atoms with Gasteiger partial charge in [0.05, 0.1) is 18.1 Å². The summed E-state index contributed by atoms with van der Waals surface area (Å²) >= 11 is 5.82. The molecular weight excluding hydrogens is 382 g/mol. The number of hydrogen-bond acceptors (Lipinski definition) is 3. The Hall–Kier alpha value is -2.18. The zero-order chi connectivity index (χ0) is 19.1. The highest BCUT2D eigenvalue weighted by atomic mass is 35.5. The van der Waals surface area contributed by atoms with Gasteiger partial charge < -0.3 is 4.74 Å². The molecular formula is C21H20ClNO3S. The van der Waals surface area contributed by atoms with E-state index >= 15 is 0 Å². The van der Waals surface area contributed by atoms with E-state index in [1.165, 1.54) is 12.1 Å². The minimum absolute atomic E-state index is 0.185. The molecule has 0 fully saturated rings. The van der Waals surface area contributed by atoms with Crippen molar-refractivity contribution in [2.45, 2.75) is 24.7 Å². The largest absolute Gasteiger partial charge is 0.372 e. The van der Waals surface area contributed by atoms with Gasteiger partial charge in [-0.3, -0.25) is 0 Å². The van der Waals surface area contributed by atoms with E-state index in [1.807, 2.05) is 54.6 Å². The minimum atomic E-state index is -3.60. The molecule has 0 aromatic heterocycles. The van der Waals surface area contributed by atoms with Gasteiger partial charge in [-0.25, -0.2) is 13.1 Å². The van der Waals surface area contributed by atoms with Crippen LogP contribution < -0.4 is 4.72 Å². The van der Waals surface area contributed by atoms with Gasteiger partial charge in [0.25, 0.3) is 0 Å². The molecule has 3 aromatic rings. The second kappa shape index (κ2) is 9.15. The third-order valence-electron chi connectivity index (χ3n) is 4.06. The first-order valence-electron chi connectivity index (χ1n) is 8.48. The fourth-order valence-corrected chi connectivity index (χ4v) is 3.73. The van der Waals surface area contributed by atoms with Crippen molar-refractivity contribution in [3.63, 3.8) is 0 Å². The van der Waals surface area contributed by atoms with Gasteiger partial charge in [0.1, 0.15) is 0 Å². The Morgan fingerprint density at radius 3 is 2.11 bits per heavy atom. The predicted octanol–water partition coefficient (Wildman–Crippen LogP) is 4.54. The van der Waals surface area contributed by atoms with Crippen molar-refractivity contribution in [3.05, 3.63) is 101 Å². The molecule has 0 spiro atoms. The zero-order valence-electron chi connectivity index (χ0n) is 14.6. The van der Waals surface area contributed by atoms with E-state index < -0.39 is 10.0 Å². The molecule has 1 N–H and O–H groups in total. The van der Waals surface area contributed by atoms with Crippen LogP contribution in [0.5, 0.6) is 0 Å².